The van der Waals surface area contributed by atoms with Gasteiger partial charge in [-0.2, -0.15) is 0 Å². The second kappa shape index (κ2) is 7.39. The highest BCUT2D eigenvalue weighted by Gasteiger charge is 2.19. The third-order valence-corrected chi connectivity index (χ3v) is 3.79. The molecule has 2 aromatic heterocycles. The number of carbonyl (C=O) groups excluding carboxylic acids is 1. The number of nitrogens with one attached hydrogen (secondary N) is 1. The number of methoxy groups -OCH3 is 1. The molecule has 0 unspecified atom stereocenters. The van der Waals surface area contributed by atoms with Crippen molar-refractivity contribution in [3.63, 3.8) is 0 Å². The monoisotopic (exact) mass is 351 g/mol. The lowest BCUT2D eigenvalue weighted by molar-refractivity contribution is 0.0379. The van der Waals surface area contributed by atoms with Gasteiger partial charge >= 0.3 is 5.97 Å². The first-order valence-electron chi connectivity index (χ1n) is 8.36. The number of aromatic nitrogens is 2. The van der Waals surface area contributed by atoms with E-state index in [-0.39, 0.29) is 6.10 Å². The van der Waals surface area contributed by atoms with E-state index in [4.69, 9.17) is 9.47 Å². The number of nitrogens with zero attached hydrogens (tertiary/aromatic N) is 2. The van der Waals surface area contributed by atoms with Gasteiger partial charge in [0.25, 0.3) is 0 Å². The van der Waals surface area contributed by atoms with Crippen LogP contribution in [0.2, 0.25) is 0 Å². The molecule has 0 saturated heterocycles. The van der Waals surface area contributed by atoms with Gasteiger partial charge in [-0.15, -0.1) is 0 Å². The van der Waals surface area contributed by atoms with Crippen molar-refractivity contribution < 1.29 is 14.3 Å². The summed E-state index contributed by atoms with van der Waals surface area (Å²) in [4.78, 5) is 21.3. The molecule has 2 heterocycles. The zero-order chi connectivity index (χ0) is 18.7. The minimum atomic E-state index is -0.425. The summed E-state index contributed by atoms with van der Waals surface area (Å²) in [6.07, 6.45) is 1.29. The average Bonchev–Trinajstić information content (AvgIpc) is 2.61. The van der Waals surface area contributed by atoms with Crippen LogP contribution < -0.4 is 10.1 Å². The summed E-state index contributed by atoms with van der Waals surface area (Å²) < 4.78 is 10.6. The number of aryl methyl sites for hydroxylation is 1. The number of carbonyl (C=O) groups is 1. The van der Waals surface area contributed by atoms with Crippen molar-refractivity contribution in [2.45, 2.75) is 26.9 Å². The topological polar surface area (TPSA) is 73.3 Å². The third kappa shape index (κ3) is 3.74. The first kappa shape index (κ1) is 17.7. The highest BCUT2D eigenvalue weighted by atomic mass is 16.5. The molecule has 0 aliphatic carbocycles. The number of pyridine rings is 2. The van der Waals surface area contributed by atoms with Crippen LogP contribution in [0.25, 0.3) is 11.0 Å². The van der Waals surface area contributed by atoms with Crippen molar-refractivity contribution in [3.8, 4) is 5.75 Å². The van der Waals surface area contributed by atoms with Crippen LogP contribution in [0.5, 0.6) is 5.75 Å². The molecule has 134 valence electrons. The zero-order valence-electron chi connectivity index (χ0n) is 15.2. The van der Waals surface area contributed by atoms with E-state index in [1.807, 2.05) is 57.2 Å². The van der Waals surface area contributed by atoms with E-state index in [9.17, 15) is 4.79 Å². The van der Waals surface area contributed by atoms with Crippen LogP contribution >= 0.6 is 0 Å². The predicted molar refractivity (Wildman–Crippen MR) is 101 cm³/mol. The molecule has 0 spiro atoms. The van der Waals surface area contributed by atoms with Crippen molar-refractivity contribution in [1.29, 1.82) is 0 Å². The summed E-state index contributed by atoms with van der Waals surface area (Å²) in [5.41, 5.74) is 3.24. The van der Waals surface area contributed by atoms with E-state index < -0.39 is 5.97 Å². The largest absolute Gasteiger partial charge is 0.497 e. The molecular weight excluding hydrogens is 330 g/mol. The minimum absolute atomic E-state index is 0.219. The number of esters is 1. The smallest absolute Gasteiger partial charge is 0.342 e. The molecule has 6 heteroatoms. The number of ether oxygens (including phenoxy) is 2. The van der Waals surface area contributed by atoms with E-state index in [2.05, 4.69) is 15.3 Å². The quantitative estimate of drug-likeness (QED) is 0.693. The normalized spacial score (nSPS) is 10.8. The zero-order valence-corrected chi connectivity index (χ0v) is 15.2. The summed E-state index contributed by atoms with van der Waals surface area (Å²) in [5.74, 6) is 0.331. The van der Waals surface area contributed by atoms with Crippen LogP contribution in [0.4, 0.5) is 11.4 Å². The van der Waals surface area contributed by atoms with Crippen molar-refractivity contribution in [2.24, 2.45) is 0 Å². The van der Waals surface area contributed by atoms with Crippen molar-refractivity contribution in [3.05, 3.63) is 53.9 Å². The fraction of sp³-hybridized carbons (Fsp3) is 0.250. The molecule has 6 nitrogen and oxygen atoms in total. The lowest BCUT2D eigenvalue weighted by Crippen LogP contribution is -2.14. The molecule has 3 rings (SSSR count). The first-order chi connectivity index (χ1) is 12.5. The average molecular weight is 351 g/mol. The number of anilines is 2. The number of hydrogen-bond donors (Lipinski definition) is 1. The van der Waals surface area contributed by atoms with Crippen LogP contribution in [-0.4, -0.2) is 29.2 Å². The molecule has 3 aromatic rings. The summed E-state index contributed by atoms with van der Waals surface area (Å²) in [7, 11) is 1.62. The van der Waals surface area contributed by atoms with Crippen LogP contribution in [0.1, 0.15) is 29.9 Å². The Morgan fingerprint density at radius 1 is 1.12 bits per heavy atom. The van der Waals surface area contributed by atoms with E-state index >= 15 is 0 Å². The Morgan fingerprint density at radius 3 is 2.50 bits per heavy atom. The SMILES string of the molecule is COc1ccc(Nc2c(C(=O)OC(C)C)cnc3nc(C)ccc23)cc1. The third-order valence-electron chi connectivity index (χ3n) is 3.79. The Balaban J connectivity index is 2.09. The summed E-state index contributed by atoms with van der Waals surface area (Å²) >= 11 is 0. The fourth-order valence-electron chi connectivity index (χ4n) is 2.56. The van der Waals surface area contributed by atoms with Crippen LogP contribution in [0, 0.1) is 6.92 Å². The molecule has 0 amide bonds. The van der Waals surface area contributed by atoms with Crippen LogP contribution in [-0.2, 0) is 4.74 Å². The molecule has 0 aliphatic heterocycles. The standard InChI is InChI=1S/C20H21N3O3/c1-12(2)26-20(24)17-11-21-19-16(10-5-13(3)22-19)18(17)23-14-6-8-15(25-4)9-7-14/h5-12H,1-4H3,(H,21,22,23). The van der Waals surface area contributed by atoms with Crippen molar-refractivity contribution in [1.82, 2.24) is 9.97 Å². The van der Waals surface area contributed by atoms with Gasteiger partial charge in [0.15, 0.2) is 5.65 Å². The van der Waals surface area contributed by atoms with E-state index in [1.165, 1.54) is 6.20 Å². The van der Waals surface area contributed by atoms with Gasteiger partial charge < -0.3 is 14.8 Å². The molecule has 1 aromatic carbocycles. The van der Waals surface area contributed by atoms with Gasteiger partial charge in [-0.1, -0.05) is 0 Å². The Hall–Kier alpha value is -3.15. The molecule has 1 N–H and O–H groups in total. The van der Waals surface area contributed by atoms with Gasteiger partial charge in [0.05, 0.1) is 18.9 Å². The molecule has 0 bridgehead atoms. The van der Waals surface area contributed by atoms with Gasteiger partial charge in [-0.25, -0.2) is 14.8 Å². The fourth-order valence-corrected chi connectivity index (χ4v) is 2.56. The second-order valence-electron chi connectivity index (χ2n) is 6.18. The second-order valence-corrected chi connectivity index (χ2v) is 6.18. The number of benzene rings is 1. The molecule has 26 heavy (non-hydrogen) atoms. The van der Waals surface area contributed by atoms with Gasteiger partial charge in [-0.05, 0) is 57.2 Å². The lowest BCUT2D eigenvalue weighted by atomic mass is 10.1. The van der Waals surface area contributed by atoms with E-state index in [0.29, 0.717) is 16.9 Å². The minimum Gasteiger partial charge on any atom is -0.497 e. The molecule has 0 aliphatic rings. The maximum Gasteiger partial charge on any atom is 0.342 e. The Kier molecular flexibility index (Phi) is 5.02. The molecule has 0 saturated carbocycles. The maximum absolute atomic E-state index is 12.5. The van der Waals surface area contributed by atoms with Gasteiger partial charge in [0.2, 0.25) is 0 Å². The molecule has 0 fully saturated rings. The van der Waals surface area contributed by atoms with Crippen LogP contribution in [0.3, 0.4) is 0 Å². The first-order valence-corrected chi connectivity index (χ1v) is 8.36. The van der Waals surface area contributed by atoms with Crippen molar-refractivity contribution >= 4 is 28.4 Å². The van der Waals surface area contributed by atoms with Gasteiger partial charge in [0.1, 0.15) is 11.3 Å². The lowest BCUT2D eigenvalue weighted by Gasteiger charge is -2.15. The number of fused-ring (bicyclic) bond motifs is 1. The summed E-state index contributed by atoms with van der Waals surface area (Å²) in [6, 6.07) is 11.2. The van der Waals surface area contributed by atoms with Gasteiger partial charge in [-0.3, -0.25) is 0 Å². The molecule has 0 atom stereocenters. The van der Waals surface area contributed by atoms with E-state index in [1.54, 1.807) is 7.11 Å². The van der Waals surface area contributed by atoms with E-state index in [0.717, 1.165) is 22.5 Å². The summed E-state index contributed by atoms with van der Waals surface area (Å²) in [5, 5.41) is 4.06. The number of rotatable bonds is 5. The number of hydrogen-bond acceptors (Lipinski definition) is 6. The highest BCUT2D eigenvalue weighted by Crippen LogP contribution is 2.30. The highest BCUT2D eigenvalue weighted by molar-refractivity contribution is 6.05. The summed E-state index contributed by atoms with van der Waals surface area (Å²) in [6.45, 7) is 5.53. The predicted octanol–water partition coefficient (Wildman–Crippen LogP) is 4.26. The Bertz CT molecular complexity index is 937. The van der Waals surface area contributed by atoms with Crippen molar-refractivity contribution in [2.75, 3.05) is 12.4 Å². The maximum atomic E-state index is 12.5. The Morgan fingerprint density at radius 2 is 1.85 bits per heavy atom. The molecular formula is C20H21N3O3. The Labute approximate surface area is 152 Å². The van der Waals surface area contributed by atoms with Crippen LogP contribution in [0.15, 0.2) is 42.6 Å². The van der Waals surface area contributed by atoms with Gasteiger partial charge in [0, 0.05) is 23.0 Å². The molecule has 0 radical (unpaired) electrons.